The number of aryl methyl sites for hydroxylation is 2. The van der Waals surface area contributed by atoms with Gasteiger partial charge in [-0.1, -0.05) is 13.8 Å². The summed E-state index contributed by atoms with van der Waals surface area (Å²) in [6, 6.07) is 1.82. The third-order valence-electron chi connectivity index (χ3n) is 3.22. The van der Waals surface area contributed by atoms with E-state index in [1.165, 1.54) is 5.56 Å². The van der Waals surface area contributed by atoms with Crippen molar-refractivity contribution in [1.29, 1.82) is 0 Å². The van der Waals surface area contributed by atoms with Gasteiger partial charge in [-0.2, -0.15) is 5.10 Å². The molecule has 0 amide bonds. The van der Waals surface area contributed by atoms with E-state index >= 15 is 0 Å². The lowest BCUT2D eigenvalue weighted by atomic mass is 9.99. The summed E-state index contributed by atoms with van der Waals surface area (Å²) in [7, 11) is 0. The first kappa shape index (κ1) is 14.2. The minimum Gasteiger partial charge on any atom is -0.319 e. The molecule has 19 heavy (non-hydrogen) atoms. The largest absolute Gasteiger partial charge is 0.319 e. The molecule has 5 heteroatoms. The Hall–Kier alpha value is -1.20. The number of hydrogen-bond donors (Lipinski definition) is 1. The van der Waals surface area contributed by atoms with E-state index in [2.05, 4.69) is 39.9 Å². The summed E-state index contributed by atoms with van der Waals surface area (Å²) in [5.74, 6) is 0. The highest BCUT2D eigenvalue weighted by Gasteiger charge is 2.20. The number of nitrogens with zero attached hydrogens (tertiary/aromatic N) is 3. The van der Waals surface area contributed by atoms with Crippen LogP contribution in [0.25, 0.3) is 0 Å². The molecule has 0 spiro atoms. The van der Waals surface area contributed by atoms with Gasteiger partial charge in [0.05, 0.1) is 22.4 Å². The fraction of sp³-hybridized carbons (Fsp3) is 0.429. The van der Waals surface area contributed by atoms with Gasteiger partial charge in [-0.3, -0.25) is 9.67 Å². The summed E-state index contributed by atoms with van der Waals surface area (Å²) >= 11 is 3.55. The molecule has 0 aliphatic rings. The quantitative estimate of drug-likeness (QED) is 0.920. The average Bonchev–Trinajstić information content (AvgIpc) is 2.79. The molecule has 4 nitrogen and oxygen atoms in total. The van der Waals surface area contributed by atoms with Gasteiger partial charge in [0.1, 0.15) is 0 Å². The summed E-state index contributed by atoms with van der Waals surface area (Å²) in [6.07, 6.45) is 7.46. The zero-order valence-electron chi connectivity index (χ0n) is 11.3. The van der Waals surface area contributed by atoms with Crippen LogP contribution in [0.1, 0.15) is 43.1 Å². The van der Waals surface area contributed by atoms with Gasteiger partial charge in [0.2, 0.25) is 0 Å². The molecule has 0 aliphatic heterocycles. The van der Waals surface area contributed by atoms with Gasteiger partial charge in [0.25, 0.3) is 0 Å². The zero-order chi connectivity index (χ0) is 13.8. The third kappa shape index (κ3) is 2.87. The minimum absolute atomic E-state index is 0.179. The second-order valence-corrected chi connectivity index (χ2v) is 5.36. The van der Waals surface area contributed by atoms with Crippen molar-refractivity contribution < 1.29 is 0 Å². The van der Waals surface area contributed by atoms with Gasteiger partial charge < -0.3 is 5.73 Å². The standard InChI is InChI=1S/C14H19BrN4/c1-3-7-19-14(12(15)9-18-19)13(16)11-5-6-17-8-10(11)4-2/h5-6,8-9,13H,3-4,7,16H2,1-2H3. The van der Waals surface area contributed by atoms with Crippen molar-refractivity contribution in [1.82, 2.24) is 14.8 Å². The molecular formula is C14H19BrN4. The third-order valence-corrected chi connectivity index (χ3v) is 3.83. The molecule has 2 aromatic rings. The molecule has 0 fully saturated rings. The monoisotopic (exact) mass is 322 g/mol. The molecule has 102 valence electrons. The van der Waals surface area contributed by atoms with E-state index < -0.39 is 0 Å². The van der Waals surface area contributed by atoms with E-state index in [0.717, 1.165) is 35.1 Å². The number of nitrogens with two attached hydrogens (primary N) is 1. The van der Waals surface area contributed by atoms with Crippen molar-refractivity contribution >= 4 is 15.9 Å². The minimum atomic E-state index is -0.179. The fourth-order valence-corrected chi connectivity index (χ4v) is 2.80. The SMILES string of the molecule is CCCn1ncc(Br)c1C(N)c1ccncc1CC. The van der Waals surface area contributed by atoms with Crippen LogP contribution in [0.3, 0.4) is 0 Å². The predicted octanol–water partition coefficient (Wildman–Crippen LogP) is 3.06. The van der Waals surface area contributed by atoms with E-state index in [1.54, 1.807) is 6.20 Å². The van der Waals surface area contributed by atoms with Crippen LogP contribution >= 0.6 is 15.9 Å². The second-order valence-electron chi connectivity index (χ2n) is 4.51. The summed E-state index contributed by atoms with van der Waals surface area (Å²) in [4.78, 5) is 4.17. The Morgan fingerprint density at radius 2 is 2.16 bits per heavy atom. The van der Waals surface area contributed by atoms with Gasteiger partial charge in [0.15, 0.2) is 0 Å². The maximum Gasteiger partial charge on any atom is 0.0739 e. The van der Waals surface area contributed by atoms with Crippen molar-refractivity contribution in [2.75, 3.05) is 0 Å². The molecule has 0 aliphatic carbocycles. The van der Waals surface area contributed by atoms with Gasteiger partial charge in [-0.25, -0.2) is 0 Å². The number of pyridine rings is 1. The first-order chi connectivity index (χ1) is 9.19. The van der Waals surface area contributed by atoms with Crippen LogP contribution in [0.15, 0.2) is 29.1 Å². The molecule has 2 rings (SSSR count). The van der Waals surface area contributed by atoms with Crippen molar-refractivity contribution in [3.05, 3.63) is 46.0 Å². The highest BCUT2D eigenvalue weighted by Crippen LogP contribution is 2.28. The van der Waals surface area contributed by atoms with Gasteiger partial charge in [0, 0.05) is 18.9 Å². The van der Waals surface area contributed by atoms with E-state index in [0.29, 0.717) is 0 Å². The Bertz CT molecular complexity index is 550. The van der Waals surface area contributed by atoms with Crippen LogP contribution in [-0.2, 0) is 13.0 Å². The van der Waals surface area contributed by atoms with Gasteiger partial charge in [-0.05, 0) is 46.0 Å². The van der Waals surface area contributed by atoms with Crippen LogP contribution in [0.5, 0.6) is 0 Å². The van der Waals surface area contributed by atoms with E-state index in [4.69, 9.17) is 5.73 Å². The lowest BCUT2D eigenvalue weighted by molar-refractivity contribution is 0.558. The molecule has 0 saturated heterocycles. The molecule has 1 unspecified atom stereocenters. The Labute approximate surface area is 122 Å². The number of aromatic nitrogens is 3. The van der Waals surface area contributed by atoms with Gasteiger partial charge >= 0.3 is 0 Å². The lowest BCUT2D eigenvalue weighted by Crippen LogP contribution is -2.19. The molecule has 2 heterocycles. The van der Waals surface area contributed by atoms with Crippen LogP contribution in [0.2, 0.25) is 0 Å². The Morgan fingerprint density at radius 1 is 1.37 bits per heavy atom. The molecule has 0 saturated carbocycles. The maximum atomic E-state index is 6.45. The molecule has 0 aromatic carbocycles. The highest BCUT2D eigenvalue weighted by molar-refractivity contribution is 9.10. The Kier molecular flexibility index (Phi) is 4.71. The van der Waals surface area contributed by atoms with Crippen LogP contribution in [0, 0.1) is 0 Å². The predicted molar refractivity (Wildman–Crippen MR) is 79.9 cm³/mol. The smallest absolute Gasteiger partial charge is 0.0739 e. The first-order valence-electron chi connectivity index (χ1n) is 6.58. The zero-order valence-corrected chi connectivity index (χ0v) is 12.9. The Balaban J connectivity index is 2.43. The van der Waals surface area contributed by atoms with Gasteiger partial charge in [-0.15, -0.1) is 0 Å². The van der Waals surface area contributed by atoms with E-state index in [9.17, 15) is 0 Å². The number of hydrogen-bond acceptors (Lipinski definition) is 3. The lowest BCUT2D eigenvalue weighted by Gasteiger charge is -2.17. The van der Waals surface area contributed by atoms with Crippen LogP contribution in [-0.4, -0.2) is 14.8 Å². The molecular weight excluding hydrogens is 304 g/mol. The van der Waals surface area contributed by atoms with Crippen molar-refractivity contribution in [3.63, 3.8) is 0 Å². The van der Waals surface area contributed by atoms with Crippen LogP contribution < -0.4 is 5.73 Å². The highest BCUT2D eigenvalue weighted by atomic mass is 79.9. The average molecular weight is 323 g/mol. The first-order valence-corrected chi connectivity index (χ1v) is 7.37. The van der Waals surface area contributed by atoms with E-state index in [-0.39, 0.29) is 6.04 Å². The number of rotatable bonds is 5. The second kappa shape index (κ2) is 6.30. The maximum absolute atomic E-state index is 6.45. The molecule has 2 N–H and O–H groups in total. The van der Waals surface area contributed by atoms with Crippen molar-refractivity contribution in [2.45, 2.75) is 39.3 Å². The summed E-state index contributed by atoms with van der Waals surface area (Å²) in [5.41, 5.74) is 9.79. The Morgan fingerprint density at radius 3 is 2.84 bits per heavy atom. The molecule has 0 bridgehead atoms. The van der Waals surface area contributed by atoms with Crippen LogP contribution in [0.4, 0.5) is 0 Å². The summed E-state index contributed by atoms with van der Waals surface area (Å²) < 4.78 is 2.95. The molecule has 2 aromatic heterocycles. The molecule has 0 radical (unpaired) electrons. The topological polar surface area (TPSA) is 56.7 Å². The normalized spacial score (nSPS) is 12.6. The van der Waals surface area contributed by atoms with Crippen molar-refractivity contribution in [3.8, 4) is 0 Å². The van der Waals surface area contributed by atoms with Crippen molar-refractivity contribution in [2.24, 2.45) is 5.73 Å². The summed E-state index contributed by atoms with van der Waals surface area (Å²) in [6.45, 7) is 5.13. The summed E-state index contributed by atoms with van der Waals surface area (Å²) in [5, 5.41) is 4.38. The molecule has 1 atom stereocenters. The fourth-order valence-electron chi connectivity index (χ4n) is 2.26. The number of halogens is 1. The van der Waals surface area contributed by atoms with E-state index in [1.807, 2.05) is 23.1 Å².